The molecule has 1 amide bonds. The maximum atomic E-state index is 12.3. The van der Waals surface area contributed by atoms with Gasteiger partial charge in [0.15, 0.2) is 6.61 Å². The maximum Gasteiger partial charge on any atom is 0.313 e. The van der Waals surface area contributed by atoms with Gasteiger partial charge in [-0.2, -0.15) is 0 Å². The highest BCUT2D eigenvalue weighted by Crippen LogP contribution is 2.31. The Kier molecular flexibility index (Phi) is 5.69. The lowest BCUT2D eigenvalue weighted by atomic mass is 9.92. The number of amides is 1. The number of methoxy groups -OCH3 is 1. The van der Waals surface area contributed by atoms with Gasteiger partial charge in [0, 0.05) is 19.2 Å². The Bertz CT molecular complexity index is 664. The summed E-state index contributed by atoms with van der Waals surface area (Å²) in [4.78, 5) is 26.5. The fourth-order valence-corrected chi connectivity index (χ4v) is 3.84. The summed E-state index contributed by atoms with van der Waals surface area (Å²) in [6, 6.07) is 5.56. The van der Waals surface area contributed by atoms with Crippen molar-refractivity contribution in [3.8, 4) is 11.5 Å². The van der Waals surface area contributed by atoms with Crippen LogP contribution in [0.3, 0.4) is 0 Å². The van der Waals surface area contributed by atoms with E-state index in [4.69, 9.17) is 14.2 Å². The van der Waals surface area contributed by atoms with E-state index in [-0.39, 0.29) is 31.0 Å². The number of esters is 1. The third-order valence-electron chi connectivity index (χ3n) is 5.07. The van der Waals surface area contributed by atoms with Crippen LogP contribution in [0.15, 0.2) is 18.2 Å². The zero-order valence-corrected chi connectivity index (χ0v) is 15.7. The summed E-state index contributed by atoms with van der Waals surface area (Å²) in [5.74, 6) is 1.55. The smallest absolute Gasteiger partial charge is 0.313 e. The molecule has 0 radical (unpaired) electrons. The first-order valence-electron chi connectivity index (χ1n) is 9.20. The zero-order valence-electron chi connectivity index (χ0n) is 15.7. The van der Waals surface area contributed by atoms with E-state index in [9.17, 15) is 9.59 Å². The van der Waals surface area contributed by atoms with E-state index in [1.165, 1.54) is 0 Å². The lowest BCUT2D eigenvalue weighted by Crippen LogP contribution is -2.44. The minimum Gasteiger partial charge on any atom is -0.497 e. The molecule has 1 aromatic carbocycles. The normalized spacial score (nSPS) is 25.0. The van der Waals surface area contributed by atoms with Gasteiger partial charge < -0.3 is 19.1 Å². The van der Waals surface area contributed by atoms with Gasteiger partial charge in [-0.3, -0.25) is 9.59 Å². The van der Waals surface area contributed by atoms with Crippen molar-refractivity contribution in [3.63, 3.8) is 0 Å². The van der Waals surface area contributed by atoms with Crippen molar-refractivity contribution in [2.24, 2.45) is 17.8 Å². The third kappa shape index (κ3) is 4.29. The maximum absolute atomic E-state index is 12.3. The largest absolute Gasteiger partial charge is 0.497 e. The van der Waals surface area contributed by atoms with Crippen LogP contribution in [0, 0.1) is 17.8 Å². The molecule has 6 nitrogen and oxygen atoms in total. The van der Waals surface area contributed by atoms with Crippen LogP contribution in [0.4, 0.5) is 0 Å². The number of carbonyl (C=O) groups is 2. The van der Waals surface area contributed by atoms with Crippen molar-refractivity contribution < 1.29 is 23.8 Å². The summed E-state index contributed by atoms with van der Waals surface area (Å²) in [5.41, 5.74) is 0.948. The first-order valence-corrected chi connectivity index (χ1v) is 9.20. The highest BCUT2D eigenvalue weighted by molar-refractivity contribution is 5.81. The molecule has 0 saturated carbocycles. The Labute approximate surface area is 154 Å². The van der Waals surface area contributed by atoms with E-state index in [0.717, 1.165) is 36.6 Å². The Morgan fingerprint density at radius 3 is 2.65 bits per heavy atom. The topological polar surface area (TPSA) is 65.1 Å². The van der Waals surface area contributed by atoms with Gasteiger partial charge in [-0.1, -0.05) is 19.9 Å². The molecular formula is C20H27NO5. The fraction of sp³-hybridized carbons (Fsp3) is 0.600. The van der Waals surface area contributed by atoms with Crippen LogP contribution in [-0.4, -0.2) is 50.2 Å². The van der Waals surface area contributed by atoms with Crippen LogP contribution in [0.25, 0.3) is 0 Å². The zero-order chi connectivity index (χ0) is 18.7. The molecule has 0 aliphatic carbocycles. The number of benzene rings is 1. The van der Waals surface area contributed by atoms with E-state index >= 15 is 0 Å². The van der Waals surface area contributed by atoms with E-state index in [1.54, 1.807) is 7.11 Å². The monoisotopic (exact) mass is 361 g/mol. The number of hydrogen-bond donors (Lipinski definition) is 0. The number of ether oxygens (including phenoxy) is 3. The SMILES string of the molecule is COc1ccc2c(c1)OC[C@H](C(=O)OCC(=O)N1C[C@H](C)C[C@@H](C)C1)C2. The summed E-state index contributed by atoms with van der Waals surface area (Å²) >= 11 is 0. The second-order valence-electron chi connectivity index (χ2n) is 7.54. The second-order valence-corrected chi connectivity index (χ2v) is 7.54. The lowest BCUT2D eigenvalue weighted by Gasteiger charge is -2.35. The molecule has 0 unspecified atom stereocenters. The van der Waals surface area contributed by atoms with Crippen LogP contribution in [-0.2, 0) is 20.7 Å². The molecule has 0 spiro atoms. The fourth-order valence-electron chi connectivity index (χ4n) is 3.84. The standard InChI is InChI=1S/C20H27NO5/c1-13-6-14(2)10-21(9-13)19(22)12-26-20(23)16-7-15-4-5-17(24-3)8-18(15)25-11-16/h4-5,8,13-14,16H,6-7,9-12H2,1-3H3/t13-,14-,16-/m1/s1. The summed E-state index contributed by atoms with van der Waals surface area (Å²) < 4.78 is 16.1. The Morgan fingerprint density at radius 1 is 1.23 bits per heavy atom. The van der Waals surface area contributed by atoms with Crippen LogP contribution in [0.2, 0.25) is 0 Å². The first-order chi connectivity index (χ1) is 12.5. The van der Waals surface area contributed by atoms with Gasteiger partial charge in [-0.15, -0.1) is 0 Å². The molecule has 3 rings (SSSR count). The molecule has 1 fully saturated rings. The van der Waals surface area contributed by atoms with E-state index in [0.29, 0.717) is 18.3 Å². The molecule has 0 N–H and O–H groups in total. The lowest BCUT2D eigenvalue weighted by molar-refractivity contribution is -0.157. The van der Waals surface area contributed by atoms with Crippen molar-refractivity contribution in [2.75, 3.05) is 33.4 Å². The van der Waals surface area contributed by atoms with E-state index in [1.807, 2.05) is 23.1 Å². The van der Waals surface area contributed by atoms with Gasteiger partial charge >= 0.3 is 5.97 Å². The number of hydrogen-bond acceptors (Lipinski definition) is 5. The number of likely N-dealkylation sites (tertiary alicyclic amines) is 1. The molecule has 0 bridgehead atoms. The van der Waals surface area contributed by atoms with Crippen molar-refractivity contribution in [2.45, 2.75) is 26.7 Å². The molecule has 2 aliphatic heterocycles. The predicted molar refractivity (Wildman–Crippen MR) is 96.2 cm³/mol. The van der Waals surface area contributed by atoms with Crippen LogP contribution >= 0.6 is 0 Å². The van der Waals surface area contributed by atoms with Gasteiger partial charge in [-0.05, 0) is 36.3 Å². The van der Waals surface area contributed by atoms with Crippen molar-refractivity contribution in [3.05, 3.63) is 23.8 Å². The average Bonchev–Trinajstić information content (AvgIpc) is 2.64. The number of carbonyl (C=O) groups excluding carboxylic acids is 2. The van der Waals surface area contributed by atoms with Crippen LogP contribution < -0.4 is 9.47 Å². The molecule has 6 heteroatoms. The highest BCUT2D eigenvalue weighted by Gasteiger charge is 2.30. The molecule has 2 aliphatic rings. The van der Waals surface area contributed by atoms with Gasteiger partial charge in [0.1, 0.15) is 18.1 Å². The van der Waals surface area contributed by atoms with Crippen LogP contribution in [0.5, 0.6) is 11.5 Å². The Balaban J connectivity index is 1.51. The van der Waals surface area contributed by atoms with Crippen molar-refractivity contribution >= 4 is 11.9 Å². The number of fused-ring (bicyclic) bond motifs is 1. The number of piperidine rings is 1. The van der Waals surface area contributed by atoms with E-state index < -0.39 is 0 Å². The number of rotatable bonds is 4. The van der Waals surface area contributed by atoms with Gasteiger partial charge in [0.05, 0.1) is 13.0 Å². The van der Waals surface area contributed by atoms with Crippen molar-refractivity contribution in [1.29, 1.82) is 0 Å². The minimum absolute atomic E-state index is 0.112. The molecule has 2 heterocycles. The van der Waals surface area contributed by atoms with Crippen molar-refractivity contribution in [1.82, 2.24) is 4.90 Å². The number of nitrogens with zero attached hydrogens (tertiary/aromatic N) is 1. The molecular weight excluding hydrogens is 334 g/mol. The summed E-state index contributed by atoms with van der Waals surface area (Å²) in [6.07, 6.45) is 1.68. The summed E-state index contributed by atoms with van der Waals surface area (Å²) in [6.45, 7) is 5.83. The molecule has 26 heavy (non-hydrogen) atoms. The quantitative estimate of drug-likeness (QED) is 0.770. The van der Waals surface area contributed by atoms with Gasteiger partial charge in [0.25, 0.3) is 5.91 Å². The Morgan fingerprint density at radius 2 is 1.96 bits per heavy atom. The van der Waals surface area contributed by atoms with E-state index in [2.05, 4.69) is 13.8 Å². The minimum atomic E-state index is -0.386. The van der Waals surface area contributed by atoms with Gasteiger partial charge in [-0.25, -0.2) is 0 Å². The summed E-state index contributed by atoms with van der Waals surface area (Å²) in [7, 11) is 1.60. The van der Waals surface area contributed by atoms with Gasteiger partial charge in [0.2, 0.25) is 0 Å². The van der Waals surface area contributed by atoms with Crippen LogP contribution in [0.1, 0.15) is 25.8 Å². The molecule has 1 aromatic rings. The predicted octanol–water partition coefficient (Wildman–Crippen LogP) is 2.29. The molecule has 142 valence electrons. The third-order valence-corrected chi connectivity index (χ3v) is 5.07. The molecule has 0 aromatic heterocycles. The first kappa shape index (κ1) is 18.5. The highest BCUT2D eigenvalue weighted by atomic mass is 16.5. The second kappa shape index (κ2) is 7.98. The molecule has 1 saturated heterocycles. The Hall–Kier alpha value is -2.24. The summed E-state index contributed by atoms with van der Waals surface area (Å²) in [5, 5.41) is 0. The average molecular weight is 361 g/mol. The molecule has 3 atom stereocenters.